The first kappa shape index (κ1) is 19.9. The topological polar surface area (TPSA) is 60.9 Å². The van der Waals surface area contributed by atoms with Crippen LogP contribution in [0.15, 0.2) is 17.0 Å². The number of piperidine rings is 1. The molecule has 0 saturated carbocycles. The van der Waals surface area contributed by atoms with Crippen LogP contribution < -0.4 is 0 Å². The molecule has 1 aliphatic heterocycles. The molecular weight excluding hydrogens is 371 g/mol. The molecule has 1 aliphatic rings. The number of aliphatic hydroxyl groups excluding tert-OH is 1. The fourth-order valence-electron chi connectivity index (χ4n) is 3.21. The predicted molar refractivity (Wildman–Crippen MR) is 97.3 cm³/mol. The van der Waals surface area contributed by atoms with Gasteiger partial charge in [0, 0.05) is 30.1 Å². The molecule has 24 heavy (non-hydrogen) atoms. The van der Waals surface area contributed by atoms with Crippen LogP contribution in [0.4, 0.5) is 0 Å². The zero-order valence-corrected chi connectivity index (χ0v) is 16.5. The Hall–Kier alpha value is -0.370. The lowest BCUT2D eigenvalue weighted by molar-refractivity contribution is 0.0442. The molecular formula is C16H24Cl2N2O3S. The number of rotatable bonds is 5. The Balaban J connectivity index is 2.23. The lowest BCUT2D eigenvalue weighted by Crippen LogP contribution is -2.48. The summed E-state index contributed by atoms with van der Waals surface area (Å²) >= 11 is 12.2. The van der Waals surface area contributed by atoms with Gasteiger partial charge in [-0.3, -0.25) is 0 Å². The molecule has 0 aliphatic carbocycles. The zero-order chi connectivity index (χ0) is 18.1. The number of halogens is 2. The summed E-state index contributed by atoms with van der Waals surface area (Å²) in [5.41, 5.74) is 0.309. The highest BCUT2D eigenvalue weighted by Crippen LogP contribution is 2.36. The summed E-state index contributed by atoms with van der Waals surface area (Å²) in [7, 11) is 0.239. The van der Waals surface area contributed by atoms with Crippen LogP contribution in [0, 0.1) is 12.3 Å². The van der Waals surface area contributed by atoms with Crippen molar-refractivity contribution in [3.8, 4) is 0 Å². The van der Waals surface area contributed by atoms with Crippen LogP contribution >= 0.6 is 23.2 Å². The van der Waals surface area contributed by atoms with E-state index in [9.17, 15) is 13.5 Å². The summed E-state index contributed by atoms with van der Waals surface area (Å²) in [6.45, 7) is 3.23. The van der Waals surface area contributed by atoms with Crippen LogP contribution in [0.2, 0.25) is 10.0 Å². The molecule has 8 heteroatoms. The van der Waals surface area contributed by atoms with Crippen molar-refractivity contribution in [2.75, 3.05) is 40.3 Å². The van der Waals surface area contributed by atoms with Gasteiger partial charge in [0.15, 0.2) is 0 Å². The maximum absolute atomic E-state index is 12.9. The van der Waals surface area contributed by atoms with Crippen molar-refractivity contribution in [1.82, 2.24) is 9.21 Å². The standard InChI is InChI=1S/C16H24Cl2N2O3S/c1-12-13(17)4-5-14(15(12)18)24(22,23)20-8-6-16(11-21,7-9-20)10-19(2)3/h4-5,21H,6-11H2,1-3H3. The molecule has 0 atom stereocenters. The zero-order valence-electron chi connectivity index (χ0n) is 14.2. The van der Waals surface area contributed by atoms with Gasteiger partial charge in [0.05, 0.1) is 11.6 Å². The van der Waals surface area contributed by atoms with Gasteiger partial charge in [0.1, 0.15) is 4.90 Å². The van der Waals surface area contributed by atoms with Crippen molar-refractivity contribution in [3.05, 3.63) is 27.7 Å². The predicted octanol–water partition coefficient (Wildman–Crippen LogP) is 2.63. The van der Waals surface area contributed by atoms with Crippen LogP contribution in [0.1, 0.15) is 18.4 Å². The van der Waals surface area contributed by atoms with Crippen molar-refractivity contribution in [1.29, 1.82) is 0 Å². The van der Waals surface area contributed by atoms with E-state index in [1.165, 1.54) is 10.4 Å². The molecule has 2 rings (SSSR count). The molecule has 5 nitrogen and oxygen atoms in total. The second kappa shape index (κ2) is 7.48. The summed E-state index contributed by atoms with van der Waals surface area (Å²) in [5.74, 6) is 0. The third-order valence-corrected chi connectivity index (χ3v) is 7.62. The van der Waals surface area contributed by atoms with Crippen molar-refractivity contribution >= 4 is 33.2 Å². The Morgan fingerprint density at radius 2 is 1.83 bits per heavy atom. The van der Waals surface area contributed by atoms with E-state index < -0.39 is 10.0 Å². The first-order valence-electron chi connectivity index (χ1n) is 7.83. The smallest absolute Gasteiger partial charge is 0.244 e. The highest BCUT2D eigenvalue weighted by atomic mass is 35.5. The molecule has 0 spiro atoms. The number of sulfonamides is 1. The van der Waals surface area contributed by atoms with Gasteiger partial charge in [-0.1, -0.05) is 23.2 Å². The fourth-order valence-corrected chi connectivity index (χ4v) is 5.44. The molecule has 1 N–H and O–H groups in total. The average molecular weight is 395 g/mol. The highest BCUT2D eigenvalue weighted by molar-refractivity contribution is 7.89. The van der Waals surface area contributed by atoms with Crippen molar-refractivity contribution in [2.24, 2.45) is 5.41 Å². The largest absolute Gasteiger partial charge is 0.396 e. The quantitative estimate of drug-likeness (QED) is 0.833. The molecule has 1 fully saturated rings. The van der Waals surface area contributed by atoms with E-state index in [1.807, 2.05) is 19.0 Å². The second-order valence-corrected chi connectivity index (χ2v) is 9.48. The molecule has 0 radical (unpaired) electrons. The van der Waals surface area contributed by atoms with E-state index in [0.717, 1.165) is 6.54 Å². The molecule has 0 unspecified atom stereocenters. The molecule has 0 aromatic heterocycles. The number of hydrogen-bond donors (Lipinski definition) is 1. The van der Waals surface area contributed by atoms with E-state index in [2.05, 4.69) is 0 Å². The number of nitrogens with zero attached hydrogens (tertiary/aromatic N) is 2. The van der Waals surface area contributed by atoms with Gasteiger partial charge in [-0.05, 0) is 51.6 Å². The minimum atomic E-state index is -3.67. The van der Waals surface area contributed by atoms with Crippen LogP contribution in [0.3, 0.4) is 0 Å². The molecule has 0 amide bonds. The molecule has 1 heterocycles. The lowest BCUT2D eigenvalue weighted by atomic mass is 9.79. The lowest BCUT2D eigenvalue weighted by Gasteiger charge is -2.41. The van der Waals surface area contributed by atoms with Crippen LogP contribution in [0.25, 0.3) is 0 Å². The van der Waals surface area contributed by atoms with Gasteiger partial charge in [0.2, 0.25) is 10.0 Å². The molecule has 0 bridgehead atoms. The molecule has 136 valence electrons. The van der Waals surface area contributed by atoms with Crippen LogP contribution in [-0.4, -0.2) is 63.1 Å². The fraction of sp³-hybridized carbons (Fsp3) is 0.625. The normalized spacial score (nSPS) is 19.0. The third kappa shape index (κ3) is 3.89. The Morgan fingerprint density at radius 1 is 1.25 bits per heavy atom. The summed E-state index contributed by atoms with van der Waals surface area (Å²) in [6, 6.07) is 3.02. The third-order valence-electron chi connectivity index (χ3n) is 4.67. The molecule has 1 aromatic rings. The van der Waals surface area contributed by atoms with Gasteiger partial charge in [-0.2, -0.15) is 4.31 Å². The minimum Gasteiger partial charge on any atom is -0.396 e. The van der Waals surface area contributed by atoms with E-state index in [1.54, 1.807) is 13.0 Å². The maximum Gasteiger partial charge on any atom is 0.244 e. The molecule has 1 saturated heterocycles. The summed E-state index contributed by atoms with van der Waals surface area (Å²) in [5, 5.41) is 10.4. The number of aliphatic hydroxyl groups is 1. The Kier molecular flexibility index (Phi) is 6.21. The van der Waals surface area contributed by atoms with Crippen LogP contribution in [-0.2, 0) is 10.0 Å². The van der Waals surface area contributed by atoms with Gasteiger partial charge < -0.3 is 10.0 Å². The summed E-state index contributed by atoms with van der Waals surface area (Å²) in [6.07, 6.45) is 1.23. The Labute approximate surface area is 154 Å². The highest BCUT2D eigenvalue weighted by Gasteiger charge is 2.39. The van der Waals surface area contributed by atoms with Gasteiger partial charge in [-0.15, -0.1) is 0 Å². The van der Waals surface area contributed by atoms with Crippen molar-refractivity contribution in [3.63, 3.8) is 0 Å². The Morgan fingerprint density at radius 3 is 2.33 bits per heavy atom. The second-order valence-electron chi connectivity index (χ2n) is 6.78. The average Bonchev–Trinajstić information content (AvgIpc) is 2.52. The van der Waals surface area contributed by atoms with Gasteiger partial charge in [0.25, 0.3) is 0 Å². The van der Waals surface area contributed by atoms with Crippen LogP contribution in [0.5, 0.6) is 0 Å². The van der Waals surface area contributed by atoms with Gasteiger partial charge >= 0.3 is 0 Å². The first-order valence-corrected chi connectivity index (χ1v) is 10.0. The molecule has 1 aromatic carbocycles. The van der Waals surface area contributed by atoms with Crippen molar-refractivity contribution < 1.29 is 13.5 Å². The summed E-state index contributed by atoms with van der Waals surface area (Å²) in [4.78, 5) is 2.12. The maximum atomic E-state index is 12.9. The van der Waals surface area contributed by atoms with Gasteiger partial charge in [-0.25, -0.2) is 8.42 Å². The minimum absolute atomic E-state index is 0.0554. The number of hydrogen-bond acceptors (Lipinski definition) is 4. The monoisotopic (exact) mass is 394 g/mol. The van der Waals surface area contributed by atoms with Crippen molar-refractivity contribution in [2.45, 2.75) is 24.7 Å². The summed E-state index contributed by atoms with van der Waals surface area (Å²) < 4.78 is 27.3. The van der Waals surface area contributed by atoms with E-state index in [4.69, 9.17) is 23.2 Å². The van der Waals surface area contributed by atoms with E-state index in [0.29, 0.717) is 36.5 Å². The number of benzene rings is 1. The van der Waals surface area contributed by atoms with E-state index in [-0.39, 0.29) is 21.9 Å². The Bertz CT molecular complexity index is 700. The SMILES string of the molecule is Cc1c(Cl)ccc(S(=O)(=O)N2CCC(CO)(CN(C)C)CC2)c1Cl. The first-order chi connectivity index (χ1) is 11.1. The van der Waals surface area contributed by atoms with E-state index >= 15 is 0 Å².